The fourth-order valence-electron chi connectivity index (χ4n) is 2.02. The van der Waals surface area contributed by atoms with Gasteiger partial charge in [-0.05, 0) is 11.6 Å². The van der Waals surface area contributed by atoms with E-state index in [9.17, 15) is 10.1 Å². The van der Waals surface area contributed by atoms with Crippen LogP contribution in [0.2, 0.25) is 0 Å². The number of nitro groups is 1. The van der Waals surface area contributed by atoms with Crippen molar-refractivity contribution in [3.05, 3.63) is 80.7 Å². The number of rotatable bonds is 4. The summed E-state index contributed by atoms with van der Waals surface area (Å²) >= 11 is 1.54. The Hall–Kier alpha value is -2.79. The maximum atomic E-state index is 10.8. The molecule has 1 heterocycles. The van der Waals surface area contributed by atoms with Gasteiger partial charge in [0, 0.05) is 23.1 Å². The van der Waals surface area contributed by atoms with Crippen LogP contribution in [0.25, 0.3) is 23.4 Å². The van der Waals surface area contributed by atoms with E-state index in [1.807, 2.05) is 53.9 Å². The van der Waals surface area contributed by atoms with Gasteiger partial charge in [-0.2, -0.15) is 0 Å². The second-order valence-electron chi connectivity index (χ2n) is 4.62. The molecule has 0 N–H and O–H groups in total. The summed E-state index contributed by atoms with van der Waals surface area (Å²) in [7, 11) is 0. The first-order chi connectivity index (χ1) is 10.7. The van der Waals surface area contributed by atoms with Crippen molar-refractivity contribution in [1.29, 1.82) is 0 Å². The van der Waals surface area contributed by atoms with Crippen molar-refractivity contribution in [3.8, 4) is 11.3 Å². The molecule has 0 atom stereocenters. The largest absolute Gasteiger partial charge is 0.270 e. The third kappa shape index (κ3) is 3.27. The molecule has 2 aromatic carbocycles. The van der Waals surface area contributed by atoms with Crippen LogP contribution in [0.1, 0.15) is 10.6 Å². The lowest BCUT2D eigenvalue weighted by atomic mass is 10.2. The van der Waals surface area contributed by atoms with Crippen molar-refractivity contribution in [1.82, 2.24) is 4.98 Å². The molecule has 0 aliphatic carbocycles. The van der Waals surface area contributed by atoms with Gasteiger partial charge in [0.2, 0.25) is 0 Å². The summed E-state index contributed by atoms with van der Waals surface area (Å²) in [5, 5.41) is 13.6. The maximum Gasteiger partial charge on any atom is 0.270 e. The molecule has 0 fully saturated rings. The maximum absolute atomic E-state index is 10.8. The van der Waals surface area contributed by atoms with E-state index >= 15 is 0 Å². The lowest BCUT2D eigenvalue weighted by molar-refractivity contribution is -0.384. The van der Waals surface area contributed by atoms with E-state index in [0.29, 0.717) is 0 Å². The van der Waals surface area contributed by atoms with Gasteiger partial charge in [-0.3, -0.25) is 10.1 Å². The number of hydrogen-bond donors (Lipinski definition) is 0. The summed E-state index contributed by atoms with van der Waals surface area (Å²) in [5.74, 6) is 0. The highest BCUT2D eigenvalue weighted by Crippen LogP contribution is 2.23. The van der Waals surface area contributed by atoms with Crippen molar-refractivity contribution < 1.29 is 4.92 Å². The first-order valence-electron chi connectivity index (χ1n) is 6.66. The summed E-state index contributed by atoms with van der Waals surface area (Å²) < 4.78 is 0. The second kappa shape index (κ2) is 6.32. The Bertz CT molecular complexity index is 825. The zero-order valence-electron chi connectivity index (χ0n) is 11.5. The van der Waals surface area contributed by atoms with Crippen molar-refractivity contribution in [2.24, 2.45) is 0 Å². The van der Waals surface area contributed by atoms with Crippen LogP contribution in [0.15, 0.2) is 60.0 Å². The van der Waals surface area contributed by atoms with Crippen LogP contribution in [-0.4, -0.2) is 9.91 Å². The number of benzene rings is 2. The van der Waals surface area contributed by atoms with E-state index in [1.165, 1.54) is 6.07 Å². The van der Waals surface area contributed by atoms with Crippen LogP contribution < -0.4 is 0 Å². The number of non-ortho nitro benzene ring substituents is 1. The van der Waals surface area contributed by atoms with Crippen molar-refractivity contribution in [2.45, 2.75) is 0 Å². The first kappa shape index (κ1) is 14.2. The van der Waals surface area contributed by atoms with Gasteiger partial charge in [-0.25, -0.2) is 4.98 Å². The fourth-order valence-corrected chi connectivity index (χ4v) is 2.73. The predicted octanol–water partition coefficient (Wildman–Crippen LogP) is 4.89. The zero-order valence-corrected chi connectivity index (χ0v) is 12.4. The molecule has 1 aromatic heterocycles. The van der Waals surface area contributed by atoms with Gasteiger partial charge in [-0.15, -0.1) is 11.3 Å². The number of nitrogens with zero attached hydrogens (tertiary/aromatic N) is 2. The van der Waals surface area contributed by atoms with E-state index in [2.05, 4.69) is 4.98 Å². The molecule has 0 unspecified atom stereocenters. The third-order valence-electron chi connectivity index (χ3n) is 3.09. The molecular weight excluding hydrogens is 296 g/mol. The van der Waals surface area contributed by atoms with Gasteiger partial charge < -0.3 is 0 Å². The van der Waals surface area contributed by atoms with E-state index < -0.39 is 4.92 Å². The normalized spacial score (nSPS) is 10.9. The molecule has 22 heavy (non-hydrogen) atoms. The average molecular weight is 308 g/mol. The molecule has 0 saturated heterocycles. The Morgan fingerprint density at radius 3 is 2.64 bits per heavy atom. The topological polar surface area (TPSA) is 56.0 Å². The summed E-state index contributed by atoms with van der Waals surface area (Å²) in [6.07, 6.45) is 3.71. The van der Waals surface area contributed by atoms with E-state index in [-0.39, 0.29) is 5.69 Å². The highest BCUT2D eigenvalue weighted by molar-refractivity contribution is 7.10. The monoisotopic (exact) mass is 308 g/mol. The van der Waals surface area contributed by atoms with Gasteiger partial charge >= 0.3 is 0 Å². The second-order valence-corrected chi connectivity index (χ2v) is 5.51. The van der Waals surface area contributed by atoms with Crippen molar-refractivity contribution in [3.63, 3.8) is 0 Å². The fraction of sp³-hybridized carbons (Fsp3) is 0. The van der Waals surface area contributed by atoms with Gasteiger partial charge in [0.1, 0.15) is 5.01 Å². The van der Waals surface area contributed by atoms with Crippen LogP contribution in [-0.2, 0) is 0 Å². The lowest BCUT2D eigenvalue weighted by Crippen LogP contribution is -1.87. The number of hydrogen-bond acceptors (Lipinski definition) is 4. The molecule has 0 aliphatic heterocycles. The van der Waals surface area contributed by atoms with Gasteiger partial charge in [0.05, 0.1) is 10.6 Å². The standard InChI is InChI=1S/C17H12N2O2S/c20-19(21)15-8-4-5-13(11-15)9-10-17-18-16(12-22-17)14-6-2-1-3-7-14/h1-12H. The first-order valence-corrected chi connectivity index (χ1v) is 7.54. The number of aromatic nitrogens is 1. The lowest BCUT2D eigenvalue weighted by Gasteiger charge is -1.94. The summed E-state index contributed by atoms with van der Waals surface area (Å²) in [6.45, 7) is 0. The Kier molecular flexibility index (Phi) is 4.07. The summed E-state index contributed by atoms with van der Waals surface area (Å²) in [6, 6.07) is 16.5. The minimum absolute atomic E-state index is 0.0891. The van der Waals surface area contributed by atoms with Crippen LogP contribution in [0.4, 0.5) is 5.69 Å². The van der Waals surface area contributed by atoms with E-state index in [4.69, 9.17) is 0 Å². The quantitative estimate of drug-likeness (QED) is 0.509. The minimum Gasteiger partial charge on any atom is -0.258 e. The Morgan fingerprint density at radius 1 is 1.05 bits per heavy atom. The summed E-state index contributed by atoms with van der Waals surface area (Å²) in [5.41, 5.74) is 2.88. The number of nitro benzene ring substituents is 1. The molecule has 4 nitrogen and oxygen atoms in total. The zero-order chi connectivity index (χ0) is 15.4. The Morgan fingerprint density at radius 2 is 1.86 bits per heavy atom. The Balaban J connectivity index is 1.80. The van der Waals surface area contributed by atoms with Crippen molar-refractivity contribution >= 4 is 29.2 Å². The molecule has 3 aromatic rings. The van der Waals surface area contributed by atoms with Gasteiger partial charge in [-0.1, -0.05) is 48.5 Å². The third-order valence-corrected chi connectivity index (χ3v) is 3.90. The van der Waals surface area contributed by atoms with E-state index in [0.717, 1.165) is 21.8 Å². The number of thiazole rings is 1. The molecule has 0 saturated carbocycles. The smallest absolute Gasteiger partial charge is 0.258 e. The molecular formula is C17H12N2O2S. The Labute approximate surface area is 131 Å². The average Bonchev–Trinajstić information content (AvgIpc) is 3.03. The molecule has 3 rings (SSSR count). The molecule has 0 amide bonds. The highest BCUT2D eigenvalue weighted by Gasteiger charge is 2.04. The minimum atomic E-state index is -0.395. The molecule has 0 aliphatic rings. The molecule has 108 valence electrons. The van der Waals surface area contributed by atoms with Crippen LogP contribution >= 0.6 is 11.3 Å². The SMILES string of the molecule is O=[N+]([O-])c1cccc(C=Cc2nc(-c3ccccc3)cs2)c1. The summed E-state index contributed by atoms with van der Waals surface area (Å²) in [4.78, 5) is 14.9. The van der Waals surface area contributed by atoms with Gasteiger partial charge in [0.25, 0.3) is 5.69 Å². The van der Waals surface area contributed by atoms with Gasteiger partial charge in [0.15, 0.2) is 0 Å². The van der Waals surface area contributed by atoms with Crippen molar-refractivity contribution in [2.75, 3.05) is 0 Å². The van der Waals surface area contributed by atoms with E-state index in [1.54, 1.807) is 23.5 Å². The molecule has 0 bridgehead atoms. The van der Waals surface area contributed by atoms with Crippen LogP contribution in [0.5, 0.6) is 0 Å². The predicted molar refractivity (Wildman–Crippen MR) is 89.6 cm³/mol. The molecule has 0 radical (unpaired) electrons. The molecule has 5 heteroatoms. The van der Waals surface area contributed by atoms with Crippen LogP contribution in [0, 0.1) is 10.1 Å². The highest BCUT2D eigenvalue weighted by atomic mass is 32.1. The van der Waals surface area contributed by atoms with Crippen LogP contribution in [0.3, 0.4) is 0 Å². The molecule has 0 spiro atoms.